The maximum Gasteiger partial charge on any atom is 0.321 e. The Morgan fingerprint density at radius 3 is 1.83 bits per heavy atom. The molecule has 0 spiro atoms. The monoisotopic (exact) mass is 262 g/mol. The van der Waals surface area contributed by atoms with Gasteiger partial charge in [0.15, 0.2) is 0 Å². The van der Waals surface area contributed by atoms with Crippen LogP contribution in [0.3, 0.4) is 0 Å². The zero-order valence-corrected chi connectivity index (χ0v) is 9.33. The van der Waals surface area contributed by atoms with Gasteiger partial charge in [-0.15, -0.1) is 0 Å². The SMILES string of the molecule is NC(=O)CC[C@H](NC(CC(=O)O)C(=O)O)C(=O)O. The number of hydrogen-bond acceptors (Lipinski definition) is 5. The van der Waals surface area contributed by atoms with E-state index in [1.54, 1.807) is 0 Å². The number of nitrogens with two attached hydrogens (primary N) is 1. The lowest BCUT2D eigenvalue weighted by Gasteiger charge is -2.18. The van der Waals surface area contributed by atoms with Crippen molar-refractivity contribution >= 4 is 23.8 Å². The van der Waals surface area contributed by atoms with E-state index in [-0.39, 0.29) is 12.8 Å². The number of amides is 1. The van der Waals surface area contributed by atoms with Crippen molar-refractivity contribution in [3.05, 3.63) is 0 Å². The van der Waals surface area contributed by atoms with Crippen LogP contribution in [0, 0.1) is 0 Å². The minimum atomic E-state index is -1.54. The first-order valence-corrected chi connectivity index (χ1v) is 4.95. The summed E-state index contributed by atoms with van der Waals surface area (Å²) in [6, 6.07) is -2.89. The van der Waals surface area contributed by atoms with E-state index >= 15 is 0 Å². The van der Waals surface area contributed by atoms with Gasteiger partial charge in [0.1, 0.15) is 12.1 Å². The highest BCUT2D eigenvalue weighted by Crippen LogP contribution is 2.02. The maximum atomic E-state index is 10.8. The first-order chi connectivity index (χ1) is 8.23. The summed E-state index contributed by atoms with van der Waals surface area (Å²) in [5.41, 5.74) is 4.84. The van der Waals surface area contributed by atoms with Gasteiger partial charge in [-0.3, -0.25) is 24.5 Å². The van der Waals surface area contributed by atoms with E-state index in [0.29, 0.717) is 0 Å². The Kier molecular flexibility index (Phi) is 6.35. The van der Waals surface area contributed by atoms with Crippen LogP contribution in [-0.4, -0.2) is 51.2 Å². The fraction of sp³-hybridized carbons (Fsp3) is 0.556. The van der Waals surface area contributed by atoms with Gasteiger partial charge in [0.05, 0.1) is 6.42 Å². The number of hydrogen-bond donors (Lipinski definition) is 5. The molecule has 9 heteroatoms. The van der Waals surface area contributed by atoms with Crippen molar-refractivity contribution in [1.82, 2.24) is 5.32 Å². The molecule has 2 atom stereocenters. The van der Waals surface area contributed by atoms with Gasteiger partial charge in [-0.05, 0) is 6.42 Å². The molecule has 0 aromatic heterocycles. The summed E-state index contributed by atoms with van der Waals surface area (Å²) in [6.45, 7) is 0. The lowest BCUT2D eigenvalue weighted by atomic mass is 10.1. The molecule has 0 aromatic rings. The van der Waals surface area contributed by atoms with Crippen LogP contribution in [0.4, 0.5) is 0 Å². The van der Waals surface area contributed by atoms with Gasteiger partial charge in [0, 0.05) is 6.42 Å². The predicted molar refractivity (Wildman–Crippen MR) is 56.7 cm³/mol. The number of nitrogens with one attached hydrogen (secondary N) is 1. The highest BCUT2D eigenvalue weighted by atomic mass is 16.4. The van der Waals surface area contributed by atoms with Crippen molar-refractivity contribution in [3.8, 4) is 0 Å². The summed E-state index contributed by atoms with van der Waals surface area (Å²) < 4.78 is 0. The molecule has 18 heavy (non-hydrogen) atoms. The molecule has 0 aromatic carbocycles. The molecule has 0 radical (unpaired) electrons. The van der Waals surface area contributed by atoms with Crippen molar-refractivity contribution in [2.24, 2.45) is 5.73 Å². The maximum absolute atomic E-state index is 10.8. The summed E-state index contributed by atoms with van der Waals surface area (Å²) >= 11 is 0. The van der Waals surface area contributed by atoms with Crippen molar-refractivity contribution in [2.45, 2.75) is 31.3 Å². The first kappa shape index (κ1) is 15.8. The molecule has 0 saturated carbocycles. The van der Waals surface area contributed by atoms with E-state index in [1.165, 1.54) is 0 Å². The summed E-state index contributed by atoms with van der Waals surface area (Å²) in [7, 11) is 0. The van der Waals surface area contributed by atoms with Crippen LogP contribution in [0.15, 0.2) is 0 Å². The number of carboxylic acid groups (broad SMARTS) is 3. The van der Waals surface area contributed by atoms with Crippen LogP contribution in [0.1, 0.15) is 19.3 Å². The third-order valence-corrected chi connectivity index (χ3v) is 2.06. The summed E-state index contributed by atoms with van der Waals surface area (Å²) in [5, 5.41) is 28.1. The second kappa shape index (κ2) is 7.22. The van der Waals surface area contributed by atoms with Crippen LogP contribution in [0.5, 0.6) is 0 Å². The Morgan fingerprint density at radius 2 is 1.50 bits per heavy atom. The van der Waals surface area contributed by atoms with Gasteiger partial charge in [-0.25, -0.2) is 0 Å². The van der Waals surface area contributed by atoms with Crippen LogP contribution in [0.25, 0.3) is 0 Å². The highest BCUT2D eigenvalue weighted by Gasteiger charge is 2.27. The van der Waals surface area contributed by atoms with E-state index in [2.05, 4.69) is 5.32 Å². The topological polar surface area (TPSA) is 167 Å². The largest absolute Gasteiger partial charge is 0.481 e. The average molecular weight is 262 g/mol. The van der Waals surface area contributed by atoms with E-state index in [0.717, 1.165) is 0 Å². The molecule has 0 aliphatic rings. The molecular weight excluding hydrogens is 248 g/mol. The molecule has 0 heterocycles. The molecule has 6 N–H and O–H groups in total. The quantitative estimate of drug-likeness (QED) is 0.325. The lowest BCUT2D eigenvalue weighted by molar-refractivity contribution is -0.147. The molecular formula is C9H14N2O7. The fourth-order valence-corrected chi connectivity index (χ4v) is 1.20. The average Bonchev–Trinajstić information content (AvgIpc) is 2.20. The number of primary amides is 1. The molecule has 0 saturated heterocycles. The van der Waals surface area contributed by atoms with Crippen molar-refractivity contribution in [3.63, 3.8) is 0 Å². The standard InChI is InChI=1S/C9H14N2O7/c10-6(12)2-1-4(8(15)16)11-5(9(17)18)3-7(13)14/h4-5,11H,1-3H2,(H2,10,12)(H,13,14)(H,15,16)(H,17,18)/t4-,5?/m0/s1. The molecule has 102 valence electrons. The van der Waals surface area contributed by atoms with Crippen molar-refractivity contribution < 1.29 is 34.5 Å². The zero-order valence-electron chi connectivity index (χ0n) is 9.33. The molecule has 0 fully saturated rings. The Balaban J connectivity index is 4.60. The van der Waals surface area contributed by atoms with E-state index in [4.69, 9.17) is 21.1 Å². The second-order valence-electron chi connectivity index (χ2n) is 3.55. The van der Waals surface area contributed by atoms with Crippen LogP contribution < -0.4 is 11.1 Å². The summed E-state index contributed by atoms with van der Waals surface area (Å²) in [6.07, 6.45) is -1.23. The van der Waals surface area contributed by atoms with Gasteiger partial charge < -0.3 is 21.1 Å². The molecule has 0 aliphatic heterocycles. The van der Waals surface area contributed by atoms with Crippen LogP contribution in [0.2, 0.25) is 0 Å². The Hall–Kier alpha value is -2.16. The lowest BCUT2D eigenvalue weighted by Crippen LogP contribution is -2.48. The zero-order chi connectivity index (χ0) is 14.3. The normalized spacial score (nSPS) is 13.6. The Bertz CT molecular complexity index is 355. The molecule has 9 nitrogen and oxygen atoms in total. The number of aliphatic carboxylic acids is 3. The number of carbonyl (C=O) groups is 4. The predicted octanol–water partition coefficient (Wildman–Crippen LogP) is -1.78. The highest BCUT2D eigenvalue weighted by molar-refractivity contribution is 5.82. The summed E-state index contributed by atoms with van der Waals surface area (Å²) in [5.74, 6) is -4.97. The number of rotatable bonds is 9. The third-order valence-electron chi connectivity index (χ3n) is 2.06. The molecule has 0 aliphatic carbocycles. The van der Waals surface area contributed by atoms with E-state index in [9.17, 15) is 19.2 Å². The van der Waals surface area contributed by atoms with Gasteiger partial charge >= 0.3 is 17.9 Å². The molecule has 1 unspecified atom stereocenters. The van der Waals surface area contributed by atoms with Gasteiger partial charge in [-0.2, -0.15) is 0 Å². The Labute approximate surface area is 102 Å². The summed E-state index contributed by atoms with van der Waals surface area (Å²) in [4.78, 5) is 42.4. The minimum Gasteiger partial charge on any atom is -0.481 e. The van der Waals surface area contributed by atoms with E-state index < -0.39 is 42.3 Å². The van der Waals surface area contributed by atoms with Gasteiger partial charge in [0.2, 0.25) is 5.91 Å². The number of carbonyl (C=O) groups excluding carboxylic acids is 1. The van der Waals surface area contributed by atoms with Gasteiger partial charge in [0.25, 0.3) is 0 Å². The molecule has 0 rings (SSSR count). The second-order valence-corrected chi connectivity index (χ2v) is 3.55. The van der Waals surface area contributed by atoms with Crippen molar-refractivity contribution in [1.29, 1.82) is 0 Å². The van der Waals surface area contributed by atoms with E-state index in [1.807, 2.05) is 0 Å². The van der Waals surface area contributed by atoms with Crippen LogP contribution in [-0.2, 0) is 19.2 Å². The smallest absolute Gasteiger partial charge is 0.321 e. The number of carboxylic acids is 3. The fourth-order valence-electron chi connectivity index (χ4n) is 1.20. The molecule has 0 bridgehead atoms. The minimum absolute atomic E-state index is 0.214. The van der Waals surface area contributed by atoms with Crippen molar-refractivity contribution in [2.75, 3.05) is 0 Å². The van der Waals surface area contributed by atoms with Crippen LogP contribution >= 0.6 is 0 Å². The Morgan fingerprint density at radius 1 is 1.00 bits per heavy atom. The first-order valence-electron chi connectivity index (χ1n) is 4.95. The molecule has 1 amide bonds. The van der Waals surface area contributed by atoms with Gasteiger partial charge in [-0.1, -0.05) is 0 Å². The third kappa shape index (κ3) is 6.43.